The molecule has 5 heteroatoms. The summed E-state index contributed by atoms with van der Waals surface area (Å²) < 4.78 is 1.64. The summed E-state index contributed by atoms with van der Waals surface area (Å²) in [6.45, 7) is 6.60. The Bertz CT molecular complexity index is 1460. The minimum Gasteiger partial charge on any atom is -0.354 e. The molecule has 2 aromatic carbocycles. The zero-order valence-corrected chi connectivity index (χ0v) is 20.0. The third-order valence-electron chi connectivity index (χ3n) is 7.03. The Labute approximate surface area is 200 Å². The van der Waals surface area contributed by atoms with Gasteiger partial charge in [-0.2, -0.15) is 5.26 Å². The normalized spacial score (nSPS) is 14.6. The van der Waals surface area contributed by atoms with Crippen molar-refractivity contribution in [2.45, 2.75) is 38.5 Å². The molecule has 0 amide bonds. The van der Waals surface area contributed by atoms with Crippen molar-refractivity contribution in [3.63, 3.8) is 0 Å². The first-order valence-electron chi connectivity index (χ1n) is 12.0. The number of benzene rings is 2. The van der Waals surface area contributed by atoms with Crippen molar-refractivity contribution in [2.24, 2.45) is 7.05 Å². The highest BCUT2D eigenvalue weighted by Gasteiger charge is 2.21. The molecule has 2 aromatic heterocycles. The second-order valence-electron chi connectivity index (χ2n) is 9.65. The van der Waals surface area contributed by atoms with Crippen LogP contribution in [0.25, 0.3) is 33.3 Å². The molecule has 34 heavy (non-hydrogen) atoms. The van der Waals surface area contributed by atoms with E-state index in [4.69, 9.17) is 0 Å². The van der Waals surface area contributed by atoms with Gasteiger partial charge in [0.2, 0.25) is 0 Å². The van der Waals surface area contributed by atoms with Crippen LogP contribution in [0, 0.1) is 11.3 Å². The van der Waals surface area contributed by atoms with Crippen molar-refractivity contribution in [1.82, 2.24) is 14.9 Å². The second kappa shape index (κ2) is 8.96. The lowest BCUT2D eigenvalue weighted by atomic mass is 9.88. The van der Waals surface area contributed by atoms with Gasteiger partial charge in [-0.05, 0) is 84.8 Å². The number of hydrogen-bond acceptors (Lipinski definition) is 3. The van der Waals surface area contributed by atoms with Crippen LogP contribution in [0.4, 0.5) is 0 Å². The van der Waals surface area contributed by atoms with Crippen LogP contribution in [-0.4, -0.2) is 22.6 Å². The summed E-state index contributed by atoms with van der Waals surface area (Å²) in [5.74, 6) is 0.912. The largest absolute Gasteiger partial charge is 0.354 e. The van der Waals surface area contributed by atoms with Crippen LogP contribution in [0.1, 0.15) is 55.2 Å². The van der Waals surface area contributed by atoms with Gasteiger partial charge in [-0.3, -0.25) is 4.79 Å². The molecule has 1 saturated heterocycles. The summed E-state index contributed by atoms with van der Waals surface area (Å²) in [6.07, 6.45) is 4.25. The lowest BCUT2D eigenvalue weighted by molar-refractivity contribution is 0.460. The molecule has 2 N–H and O–H groups in total. The highest BCUT2D eigenvalue weighted by atomic mass is 16.1. The van der Waals surface area contributed by atoms with E-state index in [0.29, 0.717) is 23.0 Å². The Morgan fingerprint density at radius 1 is 1.06 bits per heavy atom. The molecule has 1 fully saturated rings. The lowest BCUT2D eigenvalue weighted by Crippen LogP contribution is -2.26. The van der Waals surface area contributed by atoms with E-state index in [-0.39, 0.29) is 5.56 Å². The summed E-state index contributed by atoms with van der Waals surface area (Å²) in [5, 5.41) is 14.0. The zero-order chi connectivity index (χ0) is 23.8. The van der Waals surface area contributed by atoms with Crippen LogP contribution >= 0.6 is 0 Å². The number of nitrogens with zero attached hydrogens (tertiary/aromatic N) is 2. The highest BCUT2D eigenvalue weighted by Crippen LogP contribution is 2.38. The molecule has 1 aliphatic rings. The van der Waals surface area contributed by atoms with Gasteiger partial charge in [-0.25, -0.2) is 0 Å². The van der Waals surface area contributed by atoms with Gasteiger partial charge in [-0.1, -0.05) is 32.0 Å². The van der Waals surface area contributed by atoms with Crippen molar-refractivity contribution in [3.8, 4) is 28.5 Å². The predicted molar refractivity (Wildman–Crippen MR) is 138 cm³/mol. The Morgan fingerprint density at radius 2 is 1.85 bits per heavy atom. The summed E-state index contributed by atoms with van der Waals surface area (Å²) in [5.41, 5.74) is 7.68. The minimum atomic E-state index is -0.0748. The third-order valence-corrected chi connectivity index (χ3v) is 7.03. The van der Waals surface area contributed by atoms with Crippen molar-refractivity contribution >= 4 is 10.9 Å². The van der Waals surface area contributed by atoms with E-state index in [1.54, 1.807) is 23.7 Å². The predicted octanol–water partition coefficient (Wildman–Crippen LogP) is 5.66. The van der Waals surface area contributed by atoms with E-state index >= 15 is 0 Å². The number of pyridine rings is 1. The second-order valence-corrected chi connectivity index (χ2v) is 9.65. The highest BCUT2D eigenvalue weighted by molar-refractivity contribution is 5.92. The van der Waals surface area contributed by atoms with Crippen LogP contribution in [-0.2, 0) is 7.05 Å². The summed E-state index contributed by atoms with van der Waals surface area (Å²) >= 11 is 0. The molecule has 5 nitrogen and oxygen atoms in total. The molecular formula is C29H30N4O. The number of nitriles is 1. The topological polar surface area (TPSA) is 73.6 Å². The number of aryl methyl sites for hydroxylation is 1. The number of nitrogens with one attached hydrogen (secondary N) is 2. The minimum absolute atomic E-state index is 0.0748. The number of aromatic nitrogens is 2. The Hall–Kier alpha value is -3.62. The van der Waals surface area contributed by atoms with Crippen molar-refractivity contribution < 1.29 is 0 Å². The van der Waals surface area contributed by atoms with Crippen molar-refractivity contribution in [1.29, 1.82) is 5.26 Å². The van der Waals surface area contributed by atoms with Gasteiger partial charge in [0.05, 0.1) is 17.3 Å². The van der Waals surface area contributed by atoms with Crippen LogP contribution in [0.15, 0.2) is 59.5 Å². The van der Waals surface area contributed by atoms with Crippen LogP contribution < -0.4 is 10.9 Å². The molecule has 1 aliphatic heterocycles. The van der Waals surface area contributed by atoms with Crippen LogP contribution in [0.3, 0.4) is 0 Å². The van der Waals surface area contributed by atoms with Gasteiger partial charge in [0.15, 0.2) is 0 Å². The van der Waals surface area contributed by atoms with E-state index in [1.165, 1.54) is 29.4 Å². The van der Waals surface area contributed by atoms with Crippen LogP contribution in [0.2, 0.25) is 0 Å². The first-order chi connectivity index (χ1) is 16.5. The standard InChI is InChI=1S/C29H30N4O/c1-18(2)27-25-14-21(20-9-11-31-12-10-20)7-8-26(25)32-28(27)23-15-24(29(34)33(3)17-23)22-6-4-5-19(13-22)16-30/h4-8,13-15,17-18,20,31-32H,9-12H2,1-3H3. The third kappa shape index (κ3) is 3.95. The smallest absolute Gasteiger partial charge is 0.258 e. The van der Waals surface area contributed by atoms with Gasteiger partial charge in [0, 0.05) is 35.3 Å². The molecule has 0 saturated carbocycles. The summed E-state index contributed by atoms with van der Waals surface area (Å²) in [6, 6.07) is 18.2. The monoisotopic (exact) mass is 450 g/mol. The van der Waals surface area contributed by atoms with E-state index in [9.17, 15) is 10.1 Å². The Morgan fingerprint density at radius 3 is 2.59 bits per heavy atom. The molecule has 4 aromatic rings. The molecule has 0 radical (unpaired) electrons. The number of piperidine rings is 1. The first-order valence-corrected chi connectivity index (χ1v) is 12.0. The molecule has 172 valence electrons. The van der Waals surface area contributed by atoms with Gasteiger partial charge in [0.1, 0.15) is 0 Å². The Balaban J connectivity index is 1.68. The maximum Gasteiger partial charge on any atom is 0.258 e. The van der Waals surface area contributed by atoms with Gasteiger partial charge in [0.25, 0.3) is 5.56 Å². The maximum atomic E-state index is 13.0. The van der Waals surface area contributed by atoms with Crippen LogP contribution in [0.5, 0.6) is 0 Å². The average Bonchev–Trinajstić information content (AvgIpc) is 3.25. The summed E-state index contributed by atoms with van der Waals surface area (Å²) in [4.78, 5) is 16.7. The van der Waals surface area contributed by atoms with E-state index < -0.39 is 0 Å². The SMILES string of the molecule is CC(C)c1c(-c2cc(-c3cccc(C#N)c3)c(=O)n(C)c2)[nH]c2ccc(C3CCNCC3)cc12. The average molecular weight is 451 g/mol. The lowest BCUT2D eigenvalue weighted by Gasteiger charge is -2.23. The number of aromatic amines is 1. The van der Waals surface area contributed by atoms with E-state index in [1.807, 2.05) is 24.4 Å². The molecule has 0 atom stereocenters. The zero-order valence-electron chi connectivity index (χ0n) is 20.0. The Kier molecular flexibility index (Phi) is 5.85. The quantitative estimate of drug-likeness (QED) is 0.421. The molecule has 0 bridgehead atoms. The van der Waals surface area contributed by atoms with Crippen molar-refractivity contribution in [2.75, 3.05) is 13.1 Å². The van der Waals surface area contributed by atoms with Gasteiger partial charge >= 0.3 is 0 Å². The number of H-pyrrole nitrogens is 1. The number of fused-ring (bicyclic) bond motifs is 1. The fourth-order valence-electron chi connectivity index (χ4n) is 5.28. The molecular weight excluding hydrogens is 420 g/mol. The molecule has 0 aliphatic carbocycles. The molecule has 0 unspecified atom stereocenters. The summed E-state index contributed by atoms with van der Waals surface area (Å²) in [7, 11) is 1.79. The fourth-order valence-corrected chi connectivity index (χ4v) is 5.28. The maximum absolute atomic E-state index is 13.0. The first kappa shape index (κ1) is 22.2. The van der Waals surface area contributed by atoms with Gasteiger partial charge in [-0.15, -0.1) is 0 Å². The molecule has 3 heterocycles. The molecule has 0 spiro atoms. The fraction of sp³-hybridized carbons (Fsp3) is 0.310. The number of hydrogen-bond donors (Lipinski definition) is 2. The van der Waals surface area contributed by atoms with E-state index in [2.05, 4.69) is 48.4 Å². The van der Waals surface area contributed by atoms with E-state index in [0.717, 1.165) is 35.4 Å². The van der Waals surface area contributed by atoms with Crippen molar-refractivity contribution in [3.05, 3.63) is 81.8 Å². The molecule has 5 rings (SSSR count). The van der Waals surface area contributed by atoms with Gasteiger partial charge < -0.3 is 14.9 Å². The number of rotatable bonds is 4.